The summed E-state index contributed by atoms with van der Waals surface area (Å²) < 4.78 is 37.7. The highest BCUT2D eigenvalue weighted by Crippen LogP contribution is 2.29. The number of amides is 1. The zero-order chi connectivity index (χ0) is 21.7. The summed E-state index contributed by atoms with van der Waals surface area (Å²) >= 11 is 0. The molecule has 3 N–H and O–H groups in total. The van der Waals surface area contributed by atoms with Crippen molar-refractivity contribution in [1.29, 1.82) is 0 Å². The number of rotatable bonds is 5. The minimum Gasteiger partial charge on any atom is -0.397 e. The topological polar surface area (TPSA) is 72.2 Å². The van der Waals surface area contributed by atoms with Gasteiger partial charge in [0.05, 0.1) is 16.9 Å². The van der Waals surface area contributed by atoms with Crippen LogP contribution >= 0.6 is 0 Å². The van der Waals surface area contributed by atoms with E-state index < -0.39 is 11.7 Å². The van der Waals surface area contributed by atoms with E-state index in [4.69, 9.17) is 5.73 Å². The van der Waals surface area contributed by atoms with Crippen molar-refractivity contribution in [3.05, 3.63) is 101 Å². The molecule has 0 unspecified atom stereocenters. The molecule has 3 rings (SSSR count). The third-order valence-electron chi connectivity index (χ3n) is 4.31. The Balaban J connectivity index is 1.65. The van der Waals surface area contributed by atoms with Crippen LogP contribution in [-0.4, -0.2) is 11.7 Å². The second kappa shape index (κ2) is 8.65. The van der Waals surface area contributed by atoms with Gasteiger partial charge in [-0.3, -0.25) is 9.59 Å². The van der Waals surface area contributed by atoms with E-state index in [9.17, 15) is 22.8 Å². The molecule has 0 spiro atoms. The van der Waals surface area contributed by atoms with Crippen LogP contribution in [0.15, 0.2) is 78.9 Å². The first-order chi connectivity index (χ1) is 14.2. The summed E-state index contributed by atoms with van der Waals surface area (Å²) in [6, 6.07) is 17.4. The Morgan fingerprint density at radius 2 is 1.43 bits per heavy atom. The van der Waals surface area contributed by atoms with Crippen molar-refractivity contribution in [2.75, 3.05) is 11.1 Å². The van der Waals surface area contributed by atoms with Gasteiger partial charge in [0.2, 0.25) is 0 Å². The maximum absolute atomic E-state index is 12.6. The number of alkyl halides is 3. The quantitative estimate of drug-likeness (QED) is 0.334. The maximum atomic E-state index is 12.6. The molecule has 152 valence electrons. The number of carbonyl (C=O) groups excluding carboxylic acids is 2. The van der Waals surface area contributed by atoms with Crippen molar-refractivity contribution in [1.82, 2.24) is 0 Å². The Labute approximate surface area is 170 Å². The number of ketones is 1. The zero-order valence-electron chi connectivity index (χ0n) is 15.6. The fraction of sp³-hybridized carbons (Fsp3) is 0.0435. The van der Waals surface area contributed by atoms with Gasteiger partial charge in [-0.25, -0.2) is 0 Å². The number of para-hydroxylation sites is 2. The zero-order valence-corrected chi connectivity index (χ0v) is 15.6. The number of allylic oxidation sites excluding steroid dienone is 1. The highest BCUT2D eigenvalue weighted by molar-refractivity contribution is 6.09. The van der Waals surface area contributed by atoms with Crippen molar-refractivity contribution in [3.8, 4) is 0 Å². The number of carbonyl (C=O) groups is 2. The Kier molecular flexibility index (Phi) is 6.01. The molecule has 0 heterocycles. The second-order valence-electron chi connectivity index (χ2n) is 6.44. The van der Waals surface area contributed by atoms with Crippen molar-refractivity contribution >= 4 is 29.1 Å². The van der Waals surface area contributed by atoms with Crippen LogP contribution in [0.4, 0.5) is 24.5 Å². The maximum Gasteiger partial charge on any atom is 0.416 e. The van der Waals surface area contributed by atoms with Crippen molar-refractivity contribution in [3.63, 3.8) is 0 Å². The number of hydrogen-bond donors (Lipinski definition) is 2. The van der Waals surface area contributed by atoms with E-state index in [2.05, 4.69) is 5.32 Å². The van der Waals surface area contributed by atoms with Crippen LogP contribution < -0.4 is 11.1 Å². The van der Waals surface area contributed by atoms with Gasteiger partial charge in [0.1, 0.15) is 0 Å². The highest BCUT2D eigenvalue weighted by Gasteiger charge is 2.29. The van der Waals surface area contributed by atoms with Crippen LogP contribution in [0.25, 0.3) is 6.08 Å². The highest BCUT2D eigenvalue weighted by atomic mass is 19.4. The lowest BCUT2D eigenvalue weighted by atomic mass is 10.1. The average Bonchev–Trinajstić information content (AvgIpc) is 2.73. The lowest BCUT2D eigenvalue weighted by molar-refractivity contribution is -0.137. The van der Waals surface area contributed by atoms with Crippen LogP contribution in [0.3, 0.4) is 0 Å². The Bertz CT molecular complexity index is 1090. The van der Waals surface area contributed by atoms with Gasteiger partial charge < -0.3 is 11.1 Å². The average molecular weight is 410 g/mol. The first-order valence-electron chi connectivity index (χ1n) is 8.89. The molecule has 0 atom stereocenters. The van der Waals surface area contributed by atoms with Gasteiger partial charge >= 0.3 is 6.18 Å². The molecule has 0 aliphatic rings. The molecule has 4 nitrogen and oxygen atoms in total. The van der Waals surface area contributed by atoms with Crippen LogP contribution in [0.2, 0.25) is 0 Å². The first-order valence-corrected chi connectivity index (χ1v) is 8.89. The Morgan fingerprint density at radius 1 is 0.833 bits per heavy atom. The number of nitrogens with two attached hydrogens (primary N) is 1. The van der Waals surface area contributed by atoms with Gasteiger partial charge in [-0.2, -0.15) is 13.2 Å². The van der Waals surface area contributed by atoms with E-state index in [-0.39, 0.29) is 11.7 Å². The first kappa shape index (κ1) is 20.9. The smallest absolute Gasteiger partial charge is 0.397 e. The minimum atomic E-state index is -4.40. The predicted molar refractivity (Wildman–Crippen MR) is 110 cm³/mol. The standard InChI is InChI=1S/C23H17F3N2O2/c24-23(25,26)18-12-5-15(6-13-18)7-14-21(29)16-8-10-17(11-9-16)22(30)28-20-4-2-1-3-19(20)27/h1-14H,27H2,(H,28,30)/b14-7+. The van der Waals surface area contributed by atoms with Gasteiger partial charge in [0, 0.05) is 11.1 Å². The number of nitrogens with one attached hydrogen (secondary N) is 1. The van der Waals surface area contributed by atoms with E-state index in [1.54, 1.807) is 24.3 Å². The van der Waals surface area contributed by atoms with Gasteiger partial charge in [-0.1, -0.05) is 42.5 Å². The molecule has 0 saturated carbocycles. The summed E-state index contributed by atoms with van der Waals surface area (Å²) in [6.45, 7) is 0. The van der Waals surface area contributed by atoms with Crippen molar-refractivity contribution < 1.29 is 22.8 Å². The second-order valence-corrected chi connectivity index (χ2v) is 6.44. The molecule has 30 heavy (non-hydrogen) atoms. The van der Waals surface area contributed by atoms with E-state index >= 15 is 0 Å². The molecular weight excluding hydrogens is 393 g/mol. The number of nitrogen functional groups attached to an aromatic ring is 1. The molecule has 0 aromatic heterocycles. The normalized spacial score (nSPS) is 11.4. The number of hydrogen-bond acceptors (Lipinski definition) is 3. The molecule has 0 aliphatic carbocycles. The predicted octanol–water partition coefficient (Wildman–Crippen LogP) is 5.44. The van der Waals surface area contributed by atoms with E-state index in [1.165, 1.54) is 48.6 Å². The molecule has 0 fully saturated rings. The van der Waals surface area contributed by atoms with Crippen molar-refractivity contribution in [2.24, 2.45) is 0 Å². The van der Waals surface area contributed by atoms with Gasteiger partial charge in [-0.15, -0.1) is 0 Å². The summed E-state index contributed by atoms with van der Waals surface area (Å²) in [5.41, 5.74) is 7.13. The lowest BCUT2D eigenvalue weighted by Crippen LogP contribution is -2.13. The molecule has 3 aromatic rings. The summed E-state index contributed by atoms with van der Waals surface area (Å²) in [4.78, 5) is 24.6. The molecule has 0 saturated heterocycles. The van der Waals surface area contributed by atoms with E-state index in [0.717, 1.165) is 12.1 Å². The lowest BCUT2D eigenvalue weighted by Gasteiger charge is -2.08. The fourth-order valence-electron chi connectivity index (χ4n) is 2.64. The molecule has 3 aromatic carbocycles. The third kappa shape index (κ3) is 5.14. The van der Waals surface area contributed by atoms with Crippen LogP contribution in [0, 0.1) is 0 Å². The summed E-state index contributed by atoms with van der Waals surface area (Å²) in [7, 11) is 0. The molecular formula is C23H17F3N2O2. The minimum absolute atomic E-state index is 0.339. The van der Waals surface area contributed by atoms with Gasteiger partial charge in [0.15, 0.2) is 5.78 Å². The van der Waals surface area contributed by atoms with Crippen molar-refractivity contribution in [2.45, 2.75) is 6.18 Å². The molecule has 7 heteroatoms. The monoisotopic (exact) mass is 410 g/mol. The van der Waals surface area contributed by atoms with Crippen LogP contribution in [-0.2, 0) is 6.18 Å². The van der Waals surface area contributed by atoms with Gasteiger partial charge in [0.25, 0.3) is 5.91 Å². The molecule has 0 bridgehead atoms. The third-order valence-corrected chi connectivity index (χ3v) is 4.31. The SMILES string of the molecule is Nc1ccccc1NC(=O)c1ccc(C(=O)/C=C/c2ccc(C(F)(F)F)cc2)cc1. The van der Waals surface area contributed by atoms with E-state index in [0.29, 0.717) is 28.1 Å². The molecule has 1 amide bonds. The molecule has 0 aliphatic heterocycles. The van der Waals surface area contributed by atoms with Gasteiger partial charge in [-0.05, 0) is 48.0 Å². The van der Waals surface area contributed by atoms with Crippen LogP contribution in [0.1, 0.15) is 31.8 Å². The van der Waals surface area contributed by atoms with Crippen LogP contribution in [0.5, 0.6) is 0 Å². The number of anilines is 2. The summed E-state index contributed by atoms with van der Waals surface area (Å²) in [6.07, 6.45) is -1.71. The Hall–Kier alpha value is -3.87. The summed E-state index contributed by atoms with van der Waals surface area (Å²) in [5.74, 6) is -0.707. The molecule has 0 radical (unpaired) electrons. The number of benzene rings is 3. The summed E-state index contributed by atoms with van der Waals surface area (Å²) in [5, 5.41) is 2.69. The number of halogens is 3. The Morgan fingerprint density at radius 3 is 2.03 bits per heavy atom. The van der Waals surface area contributed by atoms with E-state index in [1.807, 2.05) is 0 Å². The largest absolute Gasteiger partial charge is 0.416 e. The fourth-order valence-corrected chi connectivity index (χ4v) is 2.64.